The van der Waals surface area contributed by atoms with Gasteiger partial charge >= 0.3 is 0 Å². The van der Waals surface area contributed by atoms with Crippen LogP contribution in [-0.2, 0) is 14.8 Å². The van der Waals surface area contributed by atoms with E-state index in [0.29, 0.717) is 31.1 Å². The summed E-state index contributed by atoms with van der Waals surface area (Å²) in [5.41, 5.74) is 0.316. The molecule has 2 rings (SSSR count). The van der Waals surface area contributed by atoms with Gasteiger partial charge in [-0.1, -0.05) is 13.8 Å². The van der Waals surface area contributed by atoms with E-state index >= 15 is 0 Å². The molecule has 1 fully saturated rings. The van der Waals surface area contributed by atoms with Gasteiger partial charge < -0.3 is 10.6 Å². The van der Waals surface area contributed by atoms with Gasteiger partial charge in [-0.05, 0) is 56.4 Å². The summed E-state index contributed by atoms with van der Waals surface area (Å²) in [4.78, 5) is 24.3. The van der Waals surface area contributed by atoms with Crippen molar-refractivity contribution in [2.45, 2.75) is 51.0 Å². The van der Waals surface area contributed by atoms with Gasteiger partial charge in [0.25, 0.3) is 5.91 Å². The number of benzene rings is 1. The Hall–Kier alpha value is -1.93. The van der Waals surface area contributed by atoms with E-state index < -0.39 is 22.0 Å². The Kier molecular flexibility index (Phi) is 7.38. The van der Waals surface area contributed by atoms with Gasteiger partial charge in [0.15, 0.2) is 0 Å². The molecule has 0 spiro atoms. The van der Waals surface area contributed by atoms with Crippen molar-refractivity contribution in [3.8, 4) is 0 Å². The van der Waals surface area contributed by atoms with Crippen molar-refractivity contribution in [1.82, 2.24) is 14.9 Å². The van der Waals surface area contributed by atoms with Crippen LogP contribution in [0.2, 0.25) is 0 Å². The van der Waals surface area contributed by atoms with E-state index in [1.165, 1.54) is 28.6 Å². The molecule has 27 heavy (non-hydrogen) atoms. The standard InChI is InChI=1S/C19H29N3O4S/c1-4-11-20-18(23)15(3)21-19(24)16-7-9-17(10-8-16)27(25,26)22-12-5-6-14(2)13-22/h7-10,14-15H,4-6,11-13H2,1-3H3,(H,20,23)(H,21,24). The van der Waals surface area contributed by atoms with Gasteiger partial charge in [-0.25, -0.2) is 8.42 Å². The predicted octanol–water partition coefficient (Wildman–Crippen LogP) is 1.75. The third-order valence-electron chi connectivity index (χ3n) is 4.66. The predicted molar refractivity (Wildman–Crippen MR) is 104 cm³/mol. The second kappa shape index (κ2) is 9.32. The molecule has 7 nitrogen and oxygen atoms in total. The Morgan fingerprint density at radius 2 is 1.93 bits per heavy atom. The highest BCUT2D eigenvalue weighted by atomic mass is 32.2. The van der Waals surface area contributed by atoms with Crippen molar-refractivity contribution in [1.29, 1.82) is 0 Å². The summed E-state index contributed by atoms with van der Waals surface area (Å²) in [6, 6.07) is 5.19. The zero-order chi connectivity index (χ0) is 20.0. The van der Waals surface area contributed by atoms with Gasteiger partial charge in [0, 0.05) is 25.2 Å². The largest absolute Gasteiger partial charge is 0.354 e. The zero-order valence-corrected chi connectivity index (χ0v) is 17.0. The van der Waals surface area contributed by atoms with E-state index in [1.807, 2.05) is 13.8 Å². The number of amides is 2. The number of nitrogens with one attached hydrogen (secondary N) is 2. The summed E-state index contributed by atoms with van der Waals surface area (Å²) in [5, 5.41) is 5.34. The monoisotopic (exact) mass is 395 g/mol. The number of piperidine rings is 1. The molecule has 0 bridgehead atoms. The molecular weight excluding hydrogens is 366 g/mol. The third-order valence-corrected chi connectivity index (χ3v) is 6.54. The number of rotatable bonds is 7. The zero-order valence-electron chi connectivity index (χ0n) is 16.2. The highest BCUT2D eigenvalue weighted by Crippen LogP contribution is 2.23. The lowest BCUT2D eigenvalue weighted by atomic mass is 10.0. The third kappa shape index (κ3) is 5.52. The minimum Gasteiger partial charge on any atom is -0.354 e. The highest BCUT2D eigenvalue weighted by Gasteiger charge is 2.28. The van der Waals surface area contributed by atoms with Gasteiger partial charge in [0.2, 0.25) is 15.9 Å². The number of sulfonamides is 1. The number of carbonyl (C=O) groups excluding carboxylic acids is 2. The van der Waals surface area contributed by atoms with Gasteiger partial charge in [-0.3, -0.25) is 9.59 Å². The number of carbonyl (C=O) groups is 2. The molecule has 2 atom stereocenters. The number of nitrogens with zero attached hydrogens (tertiary/aromatic N) is 1. The summed E-state index contributed by atoms with van der Waals surface area (Å²) in [6.07, 6.45) is 2.71. The molecule has 0 aliphatic carbocycles. The van der Waals surface area contributed by atoms with Crippen molar-refractivity contribution in [2.24, 2.45) is 5.92 Å². The quantitative estimate of drug-likeness (QED) is 0.735. The van der Waals surface area contributed by atoms with E-state index in [-0.39, 0.29) is 10.8 Å². The van der Waals surface area contributed by atoms with Gasteiger partial charge in [0.05, 0.1) is 4.90 Å². The Morgan fingerprint density at radius 1 is 1.26 bits per heavy atom. The average molecular weight is 396 g/mol. The van der Waals surface area contributed by atoms with Crippen LogP contribution in [0.15, 0.2) is 29.2 Å². The summed E-state index contributed by atoms with van der Waals surface area (Å²) in [6.45, 7) is 7.21. The Labute approximate surface area is 161 Å². The summed E-state index contributed by atoms with van der Waals surface area (Å²) < 4.78 is 27.0. The molecular formula is C19H29N3O4S. The molecule has 0 saturated carbocycles. The molecule has 1 aromatic carbocycles. The lowest BCUT2D eigenvalue weighted by Crippen LogP contribution is -2.45. The summed E-state index contributed by atoms with van der Waals surface area (Å²) >= 11 is 0. The van der Waals surface area contributed by atoms with Crippen LogP contribution in [0.4, 0.5) is 0 Å². The number of hydrogen-bond acceptors (Lipinski definition) is 4. The topological polar surface area (TPSA) is 95.6 Å². The minimum absolute atomic E-state index is 0.182. The molecule has 150 valence electrons. The fraction of sp³-hybridized carbons (Fsp3) is 0.579. The smallest absolute Gasteiger partial charge is 0.251 e. The van der Waals surface area contributed by atoms with Crippen LogP contribution >= 0.6 is 0 Å². The van der Waals surface area contributed by atoms with Crippen molar-refractivity contribution in [3.63, 3.8) is 0 Å². The van der Waals surface area contributed by atoms with E-state index in [0.717, 1.165) is 19.3 Å². The normalized spacial score (nSPS) is 19.3. The maximum atomic E-state index is 12.8. The van der Waals surface area contributed by atoms with E-state index in [4.69, 9.17) is 0 Å². The molecule has 2 amide bonds. The van der Waals surface area contributed by atoms with Crippen LogP contribution in [0.25, 0.3) is 0 Å². The van der Waals surface area contributed by atoms with Crippen LogP contribution in [0.5, 0.6) is 0 Å². The van der Waals surface area contributed by atoms with Gasteiger partial charge in [-0.15, -0.1) is 0 Å². The van der Waals surface area contributed by atoms with E-state index in [1.54, 1.807) is 6.92 Å². The highest BCUT2D eigenvalue weighted by molar-refractivity contribution is 7.89. The summed E-state index contributed by atoms with van der Waals surface area (Å²) in [5.74, 6) is -0.313. The minimum atomic E-state index is -3.55. The molecule has 2 unspecified atom stereocenters. The molecule has 1 heterocycles. The molecule has 1 saturated heterocycles. The van der Waals surface area contributed by atoms with Crippen molar-refractivity contribution in [2.75, 3.05) is 19.6 Å². The lowest BCUT2D eigenvalue weighted by Gasteiger charge is -2.30. The fourth-order valence-corrected chi connectivity index (χ4v) is 4.64. The first-order valence-electron chi connectivity index (χ1n) is 9.44. The van der Waals surface area contributed by atoms with Crippen LogP contribution in [0.3, 0.4) is 0 Å². The van der Waals surface area contributed by atoms with Crippen molar-refractivity contribution in [3.05, 3.63) is 29.8 Å². The molecule has 0 radical (unpaired) electrons. The van der Waals surface area contributed by atoms with Crippen LogP contribution in [0.1, 0.15) is 50.4 Å². The van der Waals surface area contributed by atoms with Crippen LogP contribution in [0, 0.1) is 5.92 Å². The molecule has 1 aliphatic heterocycles. The molecule has 0 aromatic heterocycles. The van der Waals surface area contributed by atoms with Crippen LogP contribution < -0.4 is 10.6 Å². The second-order valence-corrected chi connectivity index (χ2v) is 9.06. The number of hydrogen-bond donors (Lipinski definition) is 2. The van der Waals surface area contributed by atoms with Crippen molar-refractivity contribution < 1.29 is 18.0 Å². The first-order chi connectivity index (χ1) is 12.8. The Balaban J connectivity index is 2.03. The lowest BCUT2D eigenvalue weighted by molar-refractivity contribution is -0.122. The first kappa shape index (κ1) is 21.4. The average Bonchev–Trinajstić information content (AvgIpc) is 2.66. The summed E-state index contributed by atoms with van der Waals surface area (Å²) in [7, 11) is -3.55. The first-order valence-corrected chi connectivity index (χ1v) is 10.9. The molecule has 1 aromatic rings. The molecule has 8 heteroatoms. The Morgan fingerprint density at radius 3 is 2.52 bits per heavy atom. The van der Waals surface area contributed by atoms with E-state index in [9.17, 15) is 18.0 Å². The maximum Gasteiger partial charge on any atom is 0.251 e. The Bertz CT molecular complexity index is 762. The SMILES string of the molecule is CCCNC(=O)C(C)NC(=O)c1ccc(S(=O)(=O)N2CCCC(C)C2)cc1. The van der Waals surface area contributed by atoms with E-state index in [2.05, 4.69) is 10.6 Å². The second-order valence-electron chi connectivity index (χ2n) is 7.12. The van der Waals surface area contributed by atoms with Crippen molar-refractivity contribution >= 4 is 21.8 Å². The maximum absolute atomic E-state index is 12.8. The van der Waals surface area contributed by atoms with Gasteiger partial charge in [-0.2, -0.15) is 4.31 Å². The fourth-order valence-electron chi connectivity index (χ4n) is 3.04. The molecule has 2 N–H and O–H groups in total. The van der Waals surface area contributed by atoms with Crippen LogP contribution in [-0.4, -0.2) is 50.2 Å². The molecule has 1 aliphatic rings. The van der Waals surface area contributed by atoms with Gasteiger partial charge in [0.1, 0.15) is 6.04 Å².